The molecule has 3 unspecified atom stereocenters. The lowest BCUT2D eigenvalue weighted by atomic mass is 10.0. The smallest absolute Gasteiger partial charge is 0.227 e. The standard InChI is InChI=1S/C15H29N3O2/c1-3-6-16-14-11-20-10-13(14)15(19)17-12(2)9-18-7-4-5-8-18/h12-14,16H,3-11H2,1-2H3,(H,17,19). The summed E-state index contributed by atoms with van der Waals surface area (Å²) in [6, 6.07) is 0.391. The number of hydrogen-bond acceptors (Lipinski definition) is 4. The molecule has 2 fully saturated rings. The Morgan fingerprint density at radius 3 is 2.80 bits per heavy atom. The second-order valence-electron chi connectivity index (χ2n) is 6.12. The Balaban J connectivity index is 1.74. The van der Waals surface area contributed by atoms with Gasteiger partial charge < -0.3 is 20.3 Å². The van der Waals surface area contributed by atoms with Crippen LogP contribution < -0.4 is 10.6 Å². The molecule has 0 aromatic heterocycles. The van der Waals surface area contributed by atoms with E-state index in [1.165, 1.54) is 25.9 Å². The first-order valence-electron chi connectivity index (χ1n) is 8.04. The highest BCUT2D eigenvalue weighted by atomic mass is 16.5. The highest BCUT2D eigenvalue weighted by Crippen LogP contribution is 2.14. The summed E-state index contributed by atoms with van der Waals surface area (Å²) in [4.78, 5) is 14.8. The molecule has 116 valence electrons. The number of likely N-dealkylation sites (tertiary alicyclic amines) is 1. The van der Waals surface area contributed by atoms with Gasteiger partial charge in [-0.05, 0) is 45.8 Å². The van der Waals surface area contributed by atoms with Gasteiger partial charge in [-0.1, -0.05) is 6.92 Å². The van der Waals surface area contributed by atoms with E-state index in [0.29, 0.717) is 13.2 Å². The first-order chi connectivity index (χ1) is 9.70. The van der Waals surface area contributed by atoms with E-state index in [0.717, 1.165) is 19.5 Å². The van der Waals surface area contributed by atoms with Crippen LogP contribution in [0.15, 0.2) is 0 Å². The molecule has 2 aliphatic rings. The van der Waals surface area contributed by atoms with Crippen LogP contribution in [0.1, 0.15) is 33.1 Å². The van der Waals surface area contributed by atoms with E-state index in [1.54, 1.807) is 0 Å². The summed E-state index contributed by atoms with van der Waals surface area (Å²) in [5, 5.41) is 6.57. The van der Waals surface area contributed by atoms with Crippen LogP contribution in [0.25, 0.3) is 0 Å². The summed E-state index contributed by atoms with van der Waals surface area (Å²) in [5.41, 5.74) is 0. The molecule has 0 aromatic rings. The van der Waals surface area contributed by atoms with Crippen molar-refractivity contribution in [1.29, 1.82) is 0 Å². The van der Waals surface area contributed by atoms with Crippen molar-refractivity contribution in [2.45, 2.75) is 45.2 Å². The number of carbonyl (C=O) groups is 1. The third-order valence-corrected chi connectivity index (χ3v) is 4.19. The Kier molecular flexibility index (Phi) is 6.26. The predicted octanol–water partition coefficient (Wildman–Crippen LogP) is 0.602. The van der Waals surface area contributed by atoms with Gasteiger partial charge in [-0.3, -0.25) is 4.79 Å². The first kappa shape index (κ1) is 15.7. The minimum Gasteiger partial charge on any atom is -0.379 e. The molecular formula is C15H29N3O2. The van der Waals surface area contributed by atoms with Gasteiger partial charge in [0.15, 0.2) is 0 Å². The van der Waals surface area contributed by atoms with Crippen LogP contribution in [0.3, 0.4) is 0 Å². The molecule has 0 aromatic carbocycles. The molecule has 0 saturated carbocycles. The molecule has 20 heavy (non-hydrogen) atoms. The van der Waals surface area contributed by atoms with Crippen molar-refractivity contribution >= 4 is 5.91 Å². The Morgan fingerprint density at radius 1 is 1.35 bits per heavy atom. The topological polar surface area (TPSA) is 53.6 Å². The quantitative estimate of drug-likeness (QED) is 0.718. The van der Waals surface area contributed by atoms with Crippen LogP contribution in [-0.2, 0) is 9.53 Å². The summed E-state index contributed by atoms with van der Waals surface area (Å²) in [6.07, 6.45) is 3.66. The number of hydrogen-bond donors (Lipinski definition) is 2. The fourth-order valence-corrected chi connectivity index (χ4v) is 3.09. The molecule has 2 aliphatic heterocycles. The van der Waals surface area contributed by atoms with E-state index in [-0.39, 0.29) is 23.9 Å². The summed E-state index contributed by atoms with van der Waals surface area (Å²) in [6.45, 7) is 9.69. The largest absolute Gasteiger partial charge is 0.379 e. The van der Waals surface area contributed by atoms with Gasteiger partial charge in [0.2, 0.25) is 5.91 Å². The molecule has 2 saturated heterocycles. The van der Waals surface area contributed by atoms with E-state index in [9.17, 15) is 4.79 Å². The van der Waals surface area contributed by atoms with Crippen molar-refractivity contribution in [2.24, 2.45) is 5.92 Å². The molecule has 0 radical (unpaired) electrons. The molecule has 2 heterocycles. The SMILES string of the molecule is CCCNC1COCC1C(=O)NC(C)CN1CCCC1. The lowest BCUT2D eigenvalue weighted by Crippen LogP contribution is -2.48. The molecule has 2 rings (SSSR count). The van der Waals surface area contributed by atoms with Gasteiger partial charge in [0.05, 0.1) is 19.1 Å². The molecule has 1 amide bonds. The molecule has 2 N–H and O–H groups in total. The Bertz CT molecular complexity index is 305. The van der Waals surface area contributed by atoms with Gasteiger partial charge >= 0.3 is 0 Å². The van der Waals surface area contributed by atoms with Crippen molar-refractivity contribution in [1.82, 2.24) is 15.5 Å². The van der Waals surface area contributed by atoms with Gasteiger partial charge in [0, 0.05) is 18.6 Å². The zero-order valence-electron chi connectivity index (χ0n) is 12.9. The molecule has 5 heteroatoms. The molecular weight excluding hydrogens is 254 g/mol. The van der Waals surface area contributed by atoms with Crippen LogP contribution in [0.4, 0.5) is 0 Å². The zero-order valence-corrected chi connectivity index (χ0v) is 12.9. The minimum absolute atomic E-state index is 0.0393. The highest BCUT2D eigenvalue weighted by molar-refractivity contribution is 5.80. The van der Waals surface area contributed by atoms with Crippen molar-refractivity contribution in [3.63, 3.8) is 0 Å². The number of rotatable bonds is 7. The van der Waals surface area contributed by atoms with Crippen LogP contribution in [-0.4, -0.2) is 62.3 Å². The molecule has 3 atom stereocenters. The maximum Gasteiger partial charge on any atom is 0.227 e. The zero-order chi connectivity index (χ0) is 14.4. The average Bonchev–Trinajstić information content (AvgIpc) is 3.06. The number of ether oxygens (including phenoxy) is 1. The summed E-state index contributed by atoms with van der Waals surface area (Å²) in [5.74, 6) is 0.102. The monoisotopic (exact) mass is 283 g/mol. The fraction of sp³-hybridized carbons (Fsp3) is 0.933. The second-order valence-corrected chi connectivity index (χ2v) is 6.12. The van der Waals surface area contributed by atoms with Gasteiger partial charge in [0.1, 0.15) is 0 Å². The highest BCUT2D eigenvalue weighted by Gasteiger charge is 2.34. The van der Waals surface area contributed by atoms with E-state index < -0.39 is 0 Å². The maximum atomic E-state index is 12.4. The van der Waals surface area contributed by atoms with E-state index >= 15 is 0 Å². The summed E-state index contributed by atoms with van der Waals surface area (Å²) < 4.78 is 5.47. The first-order valence-corrected chi connectivity index (χ1v) is 8.04. The van der Waals surface area contributed by atoms with Crippen LogP contribution in [0.2, 0.25) is 0 Å². The van der Waals surface area contributed by atoms with Crippen LogP contribution in [0, 0.1) is 5.92 Å². The summed E-state index contributed by atoms with van der Waals surface area (Å²) in [7, 11) is 0. The number of amides is 1. The maximum absolute atomic E-state index is 12.4. The van der Waals surface area contributed by atoms with Crippen molar-refractivity contribution < 1.29 is 9.53 Å². The van der Waals surface area contributed by atoms with Crippen molar-refractivity contribution in [3.8, 4) is 0 Å². The van der Waals surface area contributed by atoms with Gasteiger partial charge in [-0.2, -0.15) is 0 Å². The van der Waals surface area contributed by atoms with E-state index in [1.807, 2.05) is 0 Å². The molecule has 5 nitrogen and oxygen atoms in total. The minimum atomic E-state index is -0.0393. The third-order valence-electron chi connectivity index (χ3n) is 4.19. The van der Waals surface area contributed by atoms with Crippen molar-refractivity contribution in [2.75, 3.05) is 39.4 Å². The fourth-order valence-electron chi connectivity index (χ4n) is 3.09. The van der Waals surface area contributed by atoms with Gasteiger partial charge in [-0.25, -0.2) is 0 Å². The van der Waals surface area contributed by atoms with Crippen LogP contribution >= 0.6 is 0 Å². The second kappa shape index (κ2) is 7.96. The predicted molar refractivity (Wildman–Crippen MR) is 79.7 cm³/mol. The van der Waals surface area contributed by atoms with E-state index in [4.69, 9.17) is 4.74 Å². The number of nitrogens with one attached hydrogen (secondary N) is 2. The van der Waals surface area contributed by atoms with Gasteiger partial charge in [0.25, 0.3) is 0 Å². The van der Waals surface area contributed by atoms with Crippen LogP contribution in [0.5, 0.6) is 0 Å². The average molecular weight is 283 g/mol. The number of nitrogens with zero attached hydrogens (tertiary/aromatic N) is 1. The number of carbonyl (C=O) groups excluding carboxylic acids is 1. The van der Waals surface area contributed by atoms with Crippen molar-refractivity contribution in [3.05, 3.63) is 0 Å². The lowest BCUT2D eigenvalue weighted by molar-refractivity contribution is -0.126. The normalized spacial score (nSPS) is 28.7. The molecule has 0 spiro atoms. The van der Waals surface area contributed by atoms with E-state index in [2.05, 4.69) is 29.4 Å². The lowest BCUT2D eigenvalue weighted by Gasteiger charge is -2.24. The Hall–Kier alpha value is -0.650. The summed E-state index contributed by atoms with van der Waals surface area (Å²) >= 11 is 0. The molecule has 0 bridgehead atoms. The Labute approximate surface area is 122 Å². The third kappa shape index (κ3) is 4.43. The van der Waals surface area contributed by atoms with Gasteiger partial charge in [-0.15, -0.1) is 0 Å². The molecule has 0 aliphatic carbocycles. The Morgan fingerprint density at radius 2 is 2.10 bits per heavy atom.